The molecule has 1 heterocycles. The molecule has 2 unspecified atom stereocenters. The van der Waals surface area contributed by atoms with Crippen LogP contribution in [0, 0.1) is 0 Å². The van der Waals surface area contributed by atoms with Gasteiger partial charge in [0, 0.05) is 19.7 Å². The van der Waals surface area contributed by atoms with Gasteiger partial charge in [-0.2, -0.15) is 0 Å². The molecule has 0 radical (unpaired) electrons. The van der Waals surface area contributed by atoms with Gasteiger partial charge in [-0.1, -0.05) is 0 Å². The van der Waals surface area contributed by atoms with Crippen molar-refractivity contribution in [3.8, 4) is 0 Å². The molecule has 1 amide bonds. The Morgan fingerprint density at radius 3 is 3.00 bits per heavy atom. The molecule has 1 aliphatic rings. The van der Waals surface area contributed by atoms with Crippen molar-refractivity contribution in [1.29, 1.82) is 0 Å². The smallest absolute Gasteiger partial charge is 0.234 e. The summed E-state index contributed by atoms with van der Waals surface area (Å²) in [5.41, 5.74) is 5.24. The van der Waals surface area contributed by atoms with Crippen LogP contribution >= 0.6 is 0 Å². The van der Waals surface area contributed by atoms with E-state index in [1.807, 2.05) is 13.8 Å². The summed E-state index contributed by atoms with van der Waals surface area (Å²) in [5, 5.41) is 0. The summed E-state index contributed by atoms with van der Waals surface area (Å²) in [7, 11) is 0. The number of hydrogen-bond donors (Lipinski definition) is 1. The van der Waals surface area contributed by atoms with E-state index in [1.54, 1.807) is 0 Å². The predicted octanol–water partition coefficient (Wildman–Crippen LogP) is -0.0290. The first-order valence-corrected chi connectivity index (χ1v) is 4.76. The highest BCUT2D eigenvalue weighted by Gasteiger charge is 2.22. The summed E-state index contributed by atoms with van der Waals surface area (Å²) < 4.78 is 5.47. The second-order valence-corrected chi connectivity index (χ2v) is 3.61. The van der Waals surface area contributed by atoms with Crippen LogP contribution in [-0.2, 0) is 9.53 Å². The first-order chi connectivity index (χ1) is 6.11. The molecule has 1 fully saturated rings. The number of primary amides is 1. The highest BCUT2D eigenvalue weighted by atomic mass is 16.5. The van der Waals surface area contributed by atoms with Gasteiger partial charge in [-0.3, -0.25) is 9.69 Å². The Bertz CT molecular complexity index is 184. The average molecular weight is 186 g/mol. The molecular weight excluding hydrogens is 168 g/mol. The Kier molecular flexibility index (Phi) is 3.69. The Hall–Kier alpha value is -0.610. The maximum atomic E-state index is 11.0. The lowest BCUT2D eigenvalue weighted by Gasteiger charge is -2.26. The standard InChI is InChI=1S/C9H18N2O2/c1-7-6-11(4-3-5-13-7)8(2)9(10)12/h7-8H,3-6H2,1-2H3,(H2,10,12). The van der Waals surface area contributed by atoms with Crippen LogP contribution in [0.5, 0.6) is 0 Å². The molecule has 0 aromatic carbocycles. The van der Waals surface area contributed by atoms with E-state index in [2.05, 4.69) is 4.90 Å². The average Bonchev–Trinajstić information content (AvgIpc) is 2.28. The minimum absolute atomic E-state index is 0.177. The Balaban J connectivity index is 2.51. The number of ether oxygens (including phenoxy) is 1. The second kappa shape index (κ2) is 4.58. The molecular formula is C9H18N2O2. The zero-order chi connectivity index (χ0) is 9.84. The van der Waals surface area contributed by atoms with Gasteiger partial charge in [0.1, 0.15) is 0 Å². The molecule has 76 valence electrons. The van der Waals surface area contributed by atoms with Crippen LogP contribution in [0.15, 0.2) is 0 Å². The molecule has 2 atom stereocenters. The third kappa shape index (κ3) is 2.97. The van der Waals surface area contributed by atoms with Crippen molar-refractivity contribution in [3.63, 3.8) is 0 Å². The van der Waals surface area contributed by atoms with Crippen LogP contribution in [0.25, 0.3) is 0 Å². The number of hydrogen-bond acceptors (Lipinski definition) is 3. The fourth-order valence-corrected chi connectivity index (χ4v) is 1.56. The van der Waals surface area contributed by atoms with Crippen molar-refractivity contribution >= 4 is 5.91 Å². The minimum Gasteiger partial charge on any atom is -0.377 e. The normalized spacial score (nSPS) is 28.0. The lowest BCUT2D eigenvalue weighted by molar-refractivity contribution is -0.122. The molecule has 0 aromatic rings. The van der Waals surface area contributed by atoms with Crippen molar-refractivity contribution in [2.75, 3.05) is 19.7 Å². The van der Waals surface area contributed by atoms with Gasteiger partial charge in [0.2, 0.25) is 5.91 Å². The SMILES string of the molecule is CC1CN(C(C)C(N)=O)CCCO1. The first kappa shape index (κ1) is 10.5. The van der Waals surface area contributed by atoms with Crippen LogP contribution in [0.4, 0.5) is 0 Å². The van der Waals surface area contributed by atoms with E-state index in [4.69, 9.17) is 10.5 Å². The Morgan fingerprint density at radius 2 is 2.38 bits per heavy atom. The van der Waals surface area contributed by atoms with E-state index in [1.165, 1.54) is 0 Å². The predicted molar refractivity (Wildman–Crippen MR) is 50.3 cm³/mol. The van der Waals surface area contributed by atoms with Gasteiger partial charge in [-0.15, -0.1) is 0 Å². The number of nitrogens with two attached hydrogens (primary N) is 1. The van der Waals surface area contributed by atoms with E-state index in [0.29, 0.717) is 0 Å². The van der Waals surface area contributed by atoms with E-state index >= 15 is 0 Å². The third-order valence-corrected chi connectivity index (χ3v) is 2.44. The van der Waals surface area contributed by atoms with Crippen LogP contribution in [0.1, 0.15) is 20.3 Å². The van der Waals surface area contributed by atoms with Gasteiger partial charge in [0.25, 0.3) is 0 Å². The Labute approximate surface area is 79.0 Å². The fourth-order valence-electron chi connectivity index (χ4n) is 1.56. The van der Waals surface area contributed by atoms with E-state index in [9.17, 15) is 4.79 Å². The van der Waals surface area contributed by atoms with Crippen molar-refractivity contribution in [3.05, 3.63) is 0 Å². The van der Waals surface area contributed by atoms with Crippen molar-refractivity contribution in [1.82, 2.24) is 4.90 Å². The van der Waals surface area contributed by atoms with Gasteiger partial charge in [0.15, 0.2) is 0 Å². The van der Waals surface area contributed by atoms with Crippen LogP contribution in [0.3, 0.4) is 0 Å². The van der Waals surface area contributed by atoms with E-state index < -0.39 is 0 Å². The molecule has 1 saturated heterocycles. The topological polar surface area (TPSA) is 55.6 Å². The summed E-state index contributed by atoms with van der Waals surface area (Å²) in [5.74, 6) is -0.255. The molecule has 0 bridgehead atoms. The summed E-state index contributed by atoms with van der Waals surface area (Å²) >= 11 is 0. The van der Waals surface area contributed by atoms with Crippen LogP contribution in [-0.4, -0.2) is 42.6 Å². The number of carbonyl (C=O) groups is 1. The highest BCUT2D eigenvalue weighted by Crippen LogP contribution is 2.08. The summed E-state index contributed by atoms with van der Waals surface area (Å²) in [6, 6.07) is -0.177. The fraction of sp³-hybridized carbons (Fsp3) is 0.889. The largest absolute Gasteiger partial charge is 0.377 e. The van der Waals surface area contributed by atoms with Crippen molar-refractivity contribution < 1.29 is 9.53 Å². The van der Waals surface area contributed by atoms with E-state index in [-0.39, 0.29) is 18.1 Å². The van der Waals surface area contributed by atoms with E-state index in [0.717, 1.165) is 26.1 Å². The molecule has 0 saturated carbocycles. The summed E-state index contributed by atoms with van der Waals surface area (Å²) in [6.07, 6.45) is 1.17. The maximum absolute atomic E-state index is 11.0. The van der Waals surface area contributed by atoms with Crippen molar-refractivity contribution in [2.24, 2.45) is 5.73 Å². The highest BCUT2D eigenvalue weighted by molar-refractivity contribution is 5.79. The second-order valence-electron chi connectivity index (χ2n) is 3.61. The molecule has 2 N–H and O–H groups in total. The molecule has 4 nitrogen and oxygen atoms in total. The molecule has 1 aliphatic heterocycles. The quantitative estimate of drug-likeness (QED) is 0.659. The maximum Gasteiger partial charge on any atom is 0.234 e. The number of amides is 1. The third-order valence-electron chi connectivity index (χ3n) is 2.44. The van der Waals surface area contributed by atoms with Crippen LogP contribution < -0.4 is 5.73 Å². The molecule has 0 aliphatic carbocycles. The monoisotopic (exact) mass is 186 g/mol. The molecule has 1 rings (SSSR count). The number of carbonyl (C=O) groups excluding carboxylic acids is 1. The van der Waals surface area contributed by atoms with Gasteiger partial charge in [-0.05, 0) is 20.3 Å². The first-order valence-electron chi connectivity index (χ1n) is 4.76. The summed E-state index contributed by atoms with van der Waals surface area (Å²) in [4.78, 5) is 13.0. The van der Waals surface area contributed by atoms with Gasteiger partial charge in [0.05, 0.1) is 12.1 Å². The lowest BCUT2D eigenvalue weighted by atomic mass is 10.2. The molecule has 0 aromatic heterocycles. The Morgan fingerprint density at radius 1 is 1.69 bits per heavy atom. The summed E-state index contributed by atoms with van der Waals surface area (Å²) in [6.45, 7) is 6.34. The van der Waals surface area contributed by atoms with Crippen molar-refractivity contribution in [2.45, 2.75) is 32.4 Å². The minimum atomic E-state index is -0.255. The zero-order valence-electron chi connectivity index (χ0n) is 8.32. The van der Waals surface area contributed by atoms with Gasteiger partial charge < -0.3 is 10.5 Å². The lowest BCUT2D eigenvalue weighted by Crippen LogP contribution is -2.45. The molecule has 0 spiro atoms. The number of nitrogens with zero attached hydrogens (tertiary/aromatic N) is 1. The zero-order valence-corrected chi connectivity index (χ0v) is 8.32. The van der Waals surface area contributed by atoms with Crippen LogP contribution in [0.2, 0.25) is 0 Å². The number of rotatable bonds is 2. The van der Waals surface area contributed by atoms with Gasteiger partial charge in [-0.25, -0.2) is 0 Å². The molecule has 13 heavy (non-hydrogen) atoms. The van der Waals surface area contributed by atoms with Gasteiger partial charge >= 0.3 is 0 Å². The molecule has 4 heteroatoms.